The molecular weight excluding hydrogens is 276 g/mol. The molecule has 3 N–H and O–H groups in total. The molecule has 5 nitrogen and oxygen atoms in total. The van der Waals surface area contributed by atoms with Gasteiger partial charge in [0.25, 0.3) is 0 Å². The number of hydrogen-bond acceptors (Lipinski definition) is 4. The predicted molar refractivity (Wildman–Crippen MR) is 81.8 cm³/mol. The van der Waals surface area contributed by atoms with Gasteiger partial charge in [-0.3, -0.25) is 0 Å². The highest BCUT2D eigenvalue weighted by Crippen LogP contribution is 2.20. The van der Waals surface area contributed by atoms with Crippen LogP contribution in [-0.4, -0.2) is 28.7 Å². The summed E-state index contributed by atoms with van der Waals surface area (Å²) in [6.07, 6.45) is 0.791. The normalized spacial score (nSPS) is 12.6. The second kappa shape index (κ2) is 7.06. The van der Waals surface area contributed by atoms with Crippen molar-refractivity contribution < 1.29 is 13.2 Å². The SMILES string of the molecule is COCCC(C)(C)CNS(=O)(=O)Cc1ccccc1N. The van der Waals surface area contributed by atoms with Crippen LogP contribution in [0.4, 0.5) is 5.69 Å². The summed E-state index contributed by atoms with van der Waals surface area (Å²) in [6, 6.07) is 6.99. The smallest absolute Gasteiger partial charge is 0.215 e. The first kappa shape index (κ1) is 16.9. The van der Waals surface area contributed by atoms with E-state index in [0.717, 1.165) is 6.42 Å². The number of rotatable bonds is 8. The summed E-state index contributed by atoms with van der Waals surface area (Å²) in [5.41, 5.74) is 6.74. The Bertz CT molecular complexity index is 527. The molecule has 0 atom stereocenters. The molecule has 6 heteroatoms. The van der Waals surface area contributed by atoms with Crippen molar-refractivity contribution in [2.45, 2.75) is 26.0 Å². The van der Waals surface area contributed by atoms with Crippen molar-refractivity contribution in [1.82, 2.24) is 4.72 Å². The molecule has 0 heterocycles. The van der Waals surface area contributed by atoms with Crippen molar-refractivity contribution >= 4 is 15.7 Å². The molecule has 0 aliphatic heterocycles. The fraction of sp³-hybridized carbons (Fsp3) is 0.571. The Morgan fingerprint density at radius 1 is 1.30 bits per heavy atom. The van der Waals surface area contributed by atoms with Gasteiger partial charge in [-0.2, -0.15) is 0 Å². The van der Waals surface area contributed by atoms with Crippen LogP contribution in [0.25, 0.3) is 0 Å². The molecule has 1 aromatic carbocycles. The molecular formula is C14H24N2O3S. The highest BCUT2D eigenvalue weighted by Gasteiger charge is 2.21. The number of nitrogens with two attached hydrogens (primary N) is 1. The third-order valence-corrected chi connectivity index (χ3v) is 4.43. The van der Waals surface area contributed by atoms with Crippen LogP contribution < -0.4 is 10.5 Å². The first-order chi connectivity index (χ1) is 9.26. The summed E-state index contributed by atoms with van der Waals surface area (Å²) in [4.78, 5) is 0. The second-order valence-corrected chi connectivity index (χ2v) is 7.49. The first-order valence-corrected chi connectivity index (χ1v) is 8.21. The summed E-state index contributed by atoms with van der Waals surface area (Å²) in [6.45, 7) is 5.00. The number of sulfonamides is 1. The summed E-state index contributed by atoms with van der Waals surface area (Å²) in [5, 5.41) is 0. The largest absolute Gasteiger partial charge is 0.398 e. The van der Waals surface area contributed by atoms with Gasteiger partial charge >= 0.3 is 0 Å². The minimum absolute atomic E-state index is 0.0972. The van der Waals surface area contributed by atoms with Crippen LogP contribution in [0.1, 0.15) is 25.8 Å². The number of methoxy groups -OCH3 is 1. The number of hydrogen-bond donors (Lipinski definition) is 2. The van der Waals surface area contributed by atoms with Crippen molar-refractivity contribution in [3.05, 3.63) is 29.8 Å². The van der Waals surface area contributed by atoms with Crippen LogP contribution in [0.15, 0.2) is 24.3 Å². The number of nitrogens with one attached hydrogen (secondary N) is 1. The van der Waals surface area contributed by atoms with Gasteiger partial charge in [-0.1, -0.05) is 32.0 Å². The Labute approximate surface area is 121 Å². The zero-order valence-electron chi connectivity index (χ0n) is 12.3. The molecule has 1 rings (SSSR count). The molecule has 0 saturated carbocycles. The molecule has 0 saturated heterocycles. The summed E-state index contributed by atoms with van der Waals surface area (Å²) >= 11 is 0. The van der Waals surface area contributed by atoms with Crippen molar-refractivity contribution in [3.8, 4) is 0 Å². The van der Waals surface area contributed by atoms with Crippen LogP contribution in [-0.2, 0) is 20.5 Å². The minimum atomic E-state index is -3.39. The Hall–Kier alpha value is -1.11. The van der Waals surface area contributed by atoms with Gasteiger partial charge in [-0.15, -0.1) is 0 Å². The van der Waals surface area contributed by atoms with E-state index in [4.69, 9.17) is 10.5 Å². The molecule has 0 aromatic heterocycles. The molecule has 0 amide bonds. The van der Waals surface area contributed by atoms with Crippen molar-refractivity contribution in [2.24, 2.45) is 5.41 Å². The van der Waals surface area contributed by atoms with Gasteiger partial charge in [-0.05, 0) is 23.5 Å². The number of anilines is 1. The van der Waals surface area contributed by atoms with Crippen molar-refractivity contribution in [1.29, 1.82) is 0 Å². The average Bonchev–Trinajstić information content (AvgIpc) is 2.37. The van der Waals surface area contributed by atoms with Gasteiger partial charge < -0.3 is 10.5 Å². The lowest BCUT2D eigenvalue weighted by Gasteiger charge is -2.24. The molecule has 114 valence electrons. The number of ether oxygens (including phenoxy) is 1. The maximum absolute atomic E-state index is 12.1. The monoisotopic (exact) mass is 300 g/mol. The van der Waals surface area contributed by atoms with E-state index in [1.54, 1.807) is 31.4 Å². The van der Waals surface area contributed by atoms with E-state index >= 15 is 0 Å². The quantitative estimate of drug-likeness (QED) is 0.717. The number of nitrogen functional groups attached to an aromatic ring is 1. The molecule has 0 aliphatic carbocycles. The van der Waals surface area contributed by atoms with E-state index in [2.05, 4.69) is 4.72 Å². The summed E-state index contributed by atoms with van der Waals surface area (Å²) < 4.78 is 31.8. The van der Waals surface area contributed by atoms with Gasteiger partial charge in [0.05, 0.1) is 5.75 Å². The Kier molecular flexibility index (Phi) is 5.98. The molecule has 0 aliphatic rings. The van der Waals surface area contributed by atoms with E-state index in [1.165, 1.54) is 0 Å². The maximum Gasteiger partial charge on any atom is 0.215 e. The van der Waals surface area contributed by atoms with Gasteiger partial charge in [0.15, 0.2) is 0 Å². The minimum Gasteiger partial charge on any atom is -0.398 e. The fourth-order valence-electron chi connectivity index (χ4n) is 1.69. The average molecular weight is 300 g/mol. The van der Waals surface area contributed by atoms with Crippen molar-refractivity contribution in [3.63, 3.8) is 0 Å². The molecule has 0 radical (unpaired) electrons. The highest BCUT2D eigenvalue weighted by atomic mass is 32.2. The van der Waals surface area contributed by atoms with Crippen LogP contribution >= 0.6 is 0 Å². The third kappa shape index (κ3) is 5.90. The van der Waals surface area contributed by atoms with Crippen LogP contribution in [0.2, 0.25) is 0 Å². The Morgan fingerprint density at radius 2 is 1.95 bits per heavy atom. The lowest BCUT2D eigenvalue weighted by Crippen LogP contribution is -2.35. The van der Waals surface area contributed by atoms with Crippen molar-refractivity contribution in [2.75, 3.05) is 26.0 Å². The molecule has 0 fully saturated rings. The Morgan fingerprint density at radius 3 is 2.55 bits per heavy atom. The number of benzene rings is 1. The lowest BCUT2D eigenvalue weighted by atomic mass is 9.90. The maximum atomic E-state index is 12.1. The van der Waals surface area contributed by atoms with Crippen LogP contribution in [0, 0.1) is 5.41 Å². The van der Waals surface area contributed by atoms with Gasteiger partial charge in [0.1, 0.15) is 0 Å². The molecule has 20 heavy (non-hydrogen) atoms. The molecule has 0 spiro atoms. The van der Waals surface area contributed by atoms with Crippen LogP contribution in [0.5, 0.6) is 0 Å². The zero-order chi connectivity index (χ0) is 15.2. The number of para-hydroxylation sites is 1. The van der Waals surface area contributed by atoms with E-state index in [-0.39, 0.29) is 11.2 Å². The fourth-order valence-corrected chi connectivity index (χ4v) is 3.08. The van der Waals surface area contributed by atoms with E-state index in [9.17, 15) is 8.42 Å². The Balaban J connectivity index is 2.60. The van der Waals surface area contributed by atoms with Gasteiger partial charge in [0.2, 0.25) is 10.0 Å². The van der Waals surface area contributed by atoms with Crippen LogP contribution in [0.3, 0.4) is 0 Å². The third-order valence-electron chi connectivity index (χ3n) is 3.15. The second-order valence-electron chi connectivity index (χ2n) is 5.69. The zero-order valence-corrected chi connectivity index (χ0v) is 13.2. The van der Waals surface area contributed by atoms with Gasteiger partial charge in [-0.25, -0.2) is 13.1 Å². The molecule has 0 unspecified atom stereocenters. The van der Waals surface area contributed by atoms with E-state index in [1.807, 2.05) is 13.8 Å². The standard InChI is InChI=1S/C14H24N2O3S/c1-14(2,8-9-19-3)11-16-20(17,18)10-12-6-4-5-7-13(12)15/h4-7,16H,8-11,15H2,1-3H3. The highest BCUT2D eigenvalue weighted by molar-refractivity contribution is 7.88. The molecule has 1 aromatic rings. The topological polar surface area (TPSA) is 81.4 Å². The molecule has 0 bridgehead atoms. The van der Waals surface area contributed by atoms with Gasteiger partial charge in [0, 0.05) is 25.9 Å². The lowest BCUT2D eigenvalue weighted by molar-refractivity contribution is 0.153. The first-order valence-electron chi connectivity index (χ1n) is 6.55. The summed E-state index contributed by atoms with van der Waals surface area (Å²) in [7, 11) is -1.75. The van der Waals surface area contributed by atoms with E-state index in [0.29, 0.717) is 24.4 Å². The predicted octanol–water partition coefficient (Wildman–Crippen LogP) is 1.75. The van der Waals surface area contributed by atoms with E-state index < -0.39 is 10.0 Å². The summed E-state index contributed by atoms with van der Waals surface area (Å²) in [5.74, 6) is -0.0972.